The Morgan fingerprint density at radius 3 is 2.13 bits per heavy atom. The average Bonchev–Trinajstić information content (AvgIpc) is 3.14. The number of carbonyl (C=O) groups excluding carboxylic acids is 2. The second-order valence-corrected chi connectivity index (χ2v) is 7.47. The van der Waals surface area contributed by atoms with Crippen molar-refractivity contribution in [2.24, 2.45) is 0 Å². The van der Waals surface area contributed by atoms with Gasteiger partial charge in [-0.05, 0) is 6.92 Å². The van der Waals surface area contributed by atoms with Gasteiger partial charge in [0.25, 0.3) is 11.8 Å². The minimum atomic E-state index is -0.146. The summed E-state index contributed by atoms with van der Waals surface area (Å²) in [7, 11) is 0. The summed E-state index contributed by atoms with van der Waals surface area (Å²) >= 11 is 14.3. The van der Waals surface area contributed by atoms with Gasteiger partial charge in [-0.3, -0.25) is 9.59 Å². The summed E-state index contributed by atoms with van der Waals surface area (Å²) in [5.41, 5.74) is 3.09. The highest BCUT2D eigenvalue weighted by Crippen LogP contribution is 2.25. The molecule has 23 heavy (non-hydrogen) atoms. The minimum Gasteiger partial charge on any atom is -0.334 e. The number of hydrogen-bond donors (Lipinski definition) is 0. The van der Waals surface area contributed by atoms with E-state index in [9.17, 15) is 9.59 Å². The van der Waals surface area contributed by atoms with Crippen molar-refractivity contribution >= 4 is 57.7 Å². The standard InChI is InChI=1S/C13H12Cl2N4O2S2/c1-7-4-18(12(20)8-10(14)16-5-22-8)2-3-19(7)13(21)9-11(15)17-6-23-9/h5-7H,2-4H2,1H3/t7-/m0/s1. The first-order valence-corrected chi connectivity index (χ1v) is 9.28. The fourth-order valence-corrected chi connectivity index (χ4v) is 4.38. The summed E-state index contributed by atoms with van der Waals surface area (Å²) in [6.07, 6.45) is 0. The molecule has 1 saturated heterocycles. The first-order chi connectivity index (χ1) is 11.0. The summed E-state index contributed by atoms with van der Waals surface area (Å²) < 4.78 is 0. The molecular formula is C13H12Cl2N4O2S2. The maximum absolute atomic E-state index is 12.5. The Hall–Kier alpha value is -1.22. The van der Waals surface area contributed by atoms with Crippen LogP contribution < -0.4 is 0 Å². The van der Waals surface area contributed by atoms with Gasteiger partial charge in [-0.1, -0.05) is 23.2 Å². The van der Waals surface area contributed by atoms with Crippen LogP contribution in [0.2, 0.25) is 10.3 Å². The van der Waals surface area contributed by atoms with E-state index >= 15 is 0 Å². The van der Waals surface area contributed by atoms with Gasteiger partial charge in [-0.15, -0.1) is 22.7 Å². The topological polar surface area (TPSA) is 66.4 Å². The minimum absolute atomic E-state index is 0.120. The number of aromatic nitrogens is 2. The fraction of sp³-hybridized carbons (Fsp3) is 0.385. The quantitative estimate of drug-likeness (QED) is 0.790. The van der Waals surface area contributed by atoms with Crippen LogP contribution >= 0.6 is 45.9 Å². The predicted octanol–water partition coefficient (Wildman–Crippen LogP) is 2.89. The summed E-state index contributed by atoms with van der Waals surface area (Å²) in [5, 5.41) is 0.449. The van der Waals surface area contributed by atoms with Crippen LogP contribution in [0.5, 0.6) is 0 Å². The van der Waals surface area contributed by atoms with E-state index in [1.54, 1.807) is 20.8 Å². The number of thiazole rings is 2. The van der Waals surface area contributed by atoms with Crippen LogP contribution in [0.1, 0.15) is 26.3 Å². The van der Waals surface area contributed by atoms with Gasteiger partial charge < -0.3 is 9.80 Å². The zero-order chi connectivity index (χ0) is 16.6. The number of hydrogen-bond acceptors (Lipinski definition) is 6. The Morgan fingerprint density at radius 1 is 1.09 bits per heavy atom. The maximum Gasteiger partial charge on any atom is 0.267 e. The molecule has 6 nitrogen and oxygen atoms in total. The summed E-state index contributed by atoms with van der Waals surface area (Å²) in [4.78, 5) is 37.1. The number of rotatable bonds is 2. The third kappa shape index (κ3) is 3.21. The lowest BCUT2D eigenvalue weighted by Crippen LogP contribution is -2.55. The van der Waals surface area contributed by atoms with Crippen molar-refractivity contribution in [2.75, 3.05) is 19.6 Å². The Labute approximate surface area is 150 Å². The number of nitrogens with zero attached hydrogens (tertiary/aromatic N) is 4. The van der Waals surface area contributed by atoms with Gasteiger partial charge in [-0.2, -0.15) is 0 Å². The molecule has 10 heteroatoms. The van der Waals surface area contributed by atoms with Crippen molar-refractivity contribution in [2.45, 2.75) is 13.0 Å². The molecule has 2 aromatic heterocycles. The Bertz CT molecular complexity index is 748. The molecule has 0 radical (unpaired) electrons. The lowest BCUT2D eigenvalue weighted by molar-refractivity contribution is 0.0419. The summed E-state index contributed by atoms with van der Waals surface area (Å²) in [5.74, 6) is -0.291. The van der Waals surface area contributed by atoms with Gasteiger partial charge in [-0.25, -0.2) is 9.97 Å². The van der Waals surface area contributed by atoms with E-state index in [0.717, 1.165) is 0 Å². The van der Waals surface area contributed by atoms with Gasteiger partial charge in [0.05, 0.1) is 11.0 Å². The van der Waals surface area contributed by atoms with E-state index in [-0.39, 0.29) is 28.2 Å². The van der Waals surface area contributed by atoms with Crippen LogP contribution in [0.4, 0.5) is 0 Å². The van der Waals surface area contributed by atoms with Gasteiger partial charge in [0, 0.05) is 25.7 Å². The predicted molar refractivity (Wildman–Crippen MR) is 90.7 cm³/mol. The molecule has 1 fully saturated rings. The second-order valence-electron chi connectivity index (χ2n) is 5.04. The zero-order valence-corrected chi connectivity index (χ0v) is 15.2. The average molecular weight is 391 g/mol. The van der Waals surface area contributed by atoms with Gasteiger partial charge in [0.15, 0.2) is 10.3 Å². The summed E-state index contributed by atoms with van der Waals surface area (Å²) in [6, 6.07) is -0.120. The van der Waals surface area contributed by atoms with Crippen LogP contribution in [0.25, 0.3) is 0 Å². The van der Waals surface area contributed by atoms with E-state index in [0.29, 0.717) is 29.4 Å². The van der Waals surface area contributed by atoms with Crippen molar-refractivity contribution in [1.29, 1.82) is 0 Å². The highest BCUT2D eigenvalue weighted by molar-refractivity contribution is 7.12. The Morgan fingerprint density at radius 2 is 1.65 bits per heavy atom. The van der Waals surface area contributed by atoms with E-state index in [1.807, 2.05) is 6.92 Å². The van der Waals surface area contributed by atoms with Gasteiger partial charge in [0.2, 0.25) is 0 Å². The van der Waals surface area contributed by atoms with Gasteiger partial charge in [0.1, 0.15) is 9.75 Å². The Balaban J connectivity index is 1.70. The largest absolute Gasteiger partial charge is 0.334 e. The molecule has 0 N–H and O–H groups in total. The molecule has 3 rings (SSSR count). The lowest BCUT2D eigenvalue weighted by Gasteiger charge is -2.39. The highest BCUT2D eigenvalue weighted by atomic mass is 35.5. The van der Waals surface area contributed by atoms with Crippen molar-refractivity contribution in [3.63, 3.8) is 0 Å². The molecule has 122 valence electrons. The number of carbonyl (C=O) groups is 2. The molecule has 2 amide bonds. The first kappa shape index (κ1) is 16.6. The van der Waals surface area contributed by atoms with E-state index in [4.69, 9.17) is 23.2 Å². The van der Waals surface area contributed by atoms with Gasteiger partial charge >= 0.3 is 0 Å². The molecule has 0 bridgehead atoms. The van der Waals surface area contributed by atoms with Crippen LogP contribution in [-0.4, -0.2) is 57.3 Å². The molecule has 1 aliphatic heterocycles. The Kier molecular flexibility index (Phi) is 4.86. The normalized spacial score (nSPS) is 18.3. The molecule has 1 aliphatic rings. The molecule has 0 saturated carbocycles. The molecule has 0 spiro atoms. The van der Waals surface area contributed by atoms with E-state index in [1.165, 1.54) is 22.7 Å². The van der Waals surface area contributed by atoms with E-state index < -0.39 is 0 Å². The smallest absolute Gasteiger partial charge is 0.267 e. The molecule has 1 atom stereocenters. The monoisotopic (exact) mass is 390 g/mol. The lowest BCUT2D eigenvalue weighted by atomic mass is 10.1. The fourth-order valence-electron chi connectivity index (χ4n) is 2.46. The highest BCUT2D eigenvalue weighted by Gasteiger charge is 2.33. The van der Waals surface area contributed by atoms with E-state index in [2.05, 4.69) is 9.97 Å². The van der Waals surface area contributed by atoms with Crippen LogP contribution in [0.3, 0.4) is 0 Å². The number of amides is 2. The maximum atomic E-state index is 12.5. The SMILES string of the molecule is C[C@H]1CN(C(=O)c2scnc2Cl)CCN1C(=O)c1scnc1Cl. The number of halogens is 2. The van der Waals surface area contributed by atoms with Crippen LogP contribution in [0.15, 0.2) is 11.0 Å². The third-order valence-corrected chi connectivity index (χ3v) is 6.04. The van der Waals surface area contributed by atoms with Crippen molar-refractivity contribution in [3.8, 4) is 0 Å². The van der Waals surface area contributed by atoms with Crippen molar-refractivity contribution in [3.05, 3.63) is 31.1 Å². The zero-order valence-electron chi connectivity index (χ0n) is 12.0. The second kappa shape index (κ2) is 6.72. The van der Waals surface area contributed by atoms with Crippen LogP contribution in [0, 0.1) is 0 Å². The van der Waals surface area contributed by atoms with Crippen molar-refractivity contribution in [1.82, 2.24) is 19.8 Å². The third-order valence-electron chi connectivity index (χ3n) is 3.61. The molecule has 0 aromatic carbocycles. The van der Waals surface area contributed by atoms with Crippen molar-refractivity contribution < 1.29 is 9.59 Å². The first-order valence-electron chi connectivity index (χ1n) is 6.77. The molecule has 0 unspecified atom stereocenters. The molecule has 3 heterocycles. The summed E-state index contributed by atoms with van der Waals surface area (Å²) in [6.45, 7) is 3.23. The van der Waals surface area contributed by atoms with Crippen LogP contribution in [-0.2, 0) is 0 Å². The molecular weight excluding hydrogens is 379 g/mol. The number of piperazine rings is 1. The molecule has 2 aromatic rings. The molecule has 0 aliphatic carbocycles.